The van der Waals surface area contributed by atoms with E-state index in [1.165, 1.54) is 19.2 Å². The van der Waals surface area contributed by atoms with Gasteiger partial charge in [0, 0.05) is 0 Å². The molecule has 0 spiro atoms. The van der Waals surface area contributed by atoms with Crippen LogP contribution < -0.4 is 5.32 Å². The monoisotopic (exact) mass is 298 g/mol. The minimum atomic E-state index is -0.481. The lowest BCUT2D eigenvalue weighted by Crippen LogP contribution is -2.33. The van der Waals surface area contributed by atoms with Crippen molar-refractivity contribution in [3.63, 3.8) is 0 Å². The molecule has 0 bridgehead atoms. The first-order valence-electron chi connectivity index (χ1n) is 7.91. The quantitative estimate of drug-likeness (QED) is 0.880. The van der Waals surface area contributed by atoms with Crippen LogP contribution in [0.2, 0.25) is 0 Å². The molecular formula is C17H22N4O. The topological polar surface area (TPSA) is 70.9 Å². The van der Waals surface area contributed by atoms with Crippen LogP contribution in [-0.4, -0.2) is 39.5 Å². The Morgan fingerprint density at radius 3 is 2.82 bits per heavy atom. The third-order valence-electron chi connectivity index (χ3n) is 4.33. The van der Waals surface area contributed by atoms with Gasteiger partial charge in [0.15, 0.2) is 0 Å². The van der Waals surface area contributed by atoms with Crippen molar-refractivity contribution in [3.05, 3.63) is 54.1 Å². The maximum absolute atomic E-state index is 10.8. The summed E-state index contributed by atoms with van der Waals surface area (Å²) in [5.41, 5.74) is 1.78. The molecule has 2 N–H and O–H groups in total. The first-order chi connectivity index (χ1) is 10.8. The first kappa shape index (κ1) is 15.1. The van der Waals surface area contributed by atoms with Gasteiger partial charge in [0.1, 0.15) is 6.33 Å². The summed E-state index contributed by atoms with van der Waals surface area (Å²) in [7, 11) is 0. The number of nitrogens with zero attached hydrogens (tertiary/aromatic N) is 3. The molecule has 1 fully saturated rings. The van der Waals surface area contributed by atoms with Gasteiger partial charge in [-0.3, -0.25) is 0 Å². The molecule has 3 atom stereocenters. The molecule has 1 aromatic heterocycles. The lowest BCUT2D eigenvalue weighted by atomic mass is 9.83. The molecule has 2 aromatic rings. The van der Waals surface area contributed by atoms with Crippen LogP contribution in [0, 0.1) is 5.92 Å². The van der Waals surface area contributed by atoms with Gasteiger partial charge in [0.25, 0.3) is 0 Å². The summed E-state index contributed by atoms with van der Waals surface area (Å²) in [6.45, 7) is 2.07. The Kier molecular flexibility index (Phi) is 5.08. The zero-order valence-electron chi connectivity index (χ0n) is 12.6. The van der Waals surface area contributed by atoms with Gasteiger partial charge in [-0.05, 0) is 43.8 Å². The Labute approximate surface area is 130 Å². The van der Waals surface area contributed by atoms with E-state index >= 15 is 0 Å². The molecule has 5 nitrogen and oxygen atoms in total. The molecule has 3 rings (SSSR count). The highest BCUT2D eigenvalue weighted by Gasteiger charge is 2.28. The minimum Gasteiger partial charge on any atom is -0.392 e. The molecule has 1 saturated heterocycles. The molecule has 3 unspecified atom stereocenters. The van der Waals surface area contributed by atoms with Gasteiger partial charge in [-0.15, -0.1) is 5.10 Å². The Morgan fingerprint density at radius 2 is 2.14 bits per heavy atom. The standard InChI is InChI=1S/C17H22N4O/c22-16(9-13-5-4-8-18-10-13)17(14-6-2-1-3-7-14)15-11-19-12-20-21-15/h1-3,6-7,11-13,16-18,22H,4-5,8-10H2. The number of benzene rings is 1. The molecule has 0 amide bonds. The number of aliphatic hydroxyl groups is 1. The number of hydrogen-bond acceptors (Lipinski definition) is 5. The van der Waals surface area contributed by atoms with E-state index in [9.17, 15) is 5.11 Å². The van der Waals surface area contributed by atoms with Crippen molar-refractivity contribution in [2.24, 2.45) is 5.92 Å². The van der Waals surface area contributed by atoms with Gasteiger partial charge >= 0.3 is 0 Å². The summed E-state index contributed by atoms with van der Waals surface area (Å²) >= 11 is 0. The molecule has 1 aromatic carbocycles. The average Bonchev–Trinajstić information content (AvgIpc) is 2.58. The first-order valence-corrected chi connectivity index (χ1v) is 7.91. The van der Waals surface area contributed by atoms with Gasteiger partial charge in [0.05, 0.1) is 23.9 Å². The van der Waals surface area contributed by atoms with Crippen molar-refractivity contribution in [1.82, 2.24) is 20.5 Å². The molecule has 5 heteroatoms. The number of nitrogens with one attached hydrogen (secondary N) is 1. The van der Waals surface area contributed by atoms with Crippen LogP contribution in [0.5, 0.6) is 0 Å². The van der Waals surface area contributed by atoms with E-state index in [-0.39, 0.29) is 5.92 Å². The van der Waals surface area contributed by atoms with E-state index in [0.717, 1.165) is 30.8 Å². The van der Waals surface area contributed by atoms with Crippen molar-refractivity contribution in [1.29, 1.82) is 0 Å². The Balaban J connectivity index is 1.81. The van der Waals surface area contributed by atoms with E-state index in [0.29, 0.717) is 5.92 Å². The maximum Gasteiger partial charge on any atom is 0.138 e. The highest BCUT2D eigenvalue weighted by atomic mass is 16.3. The van der Waals surface area contributed by atoms with E-state index in [4.69, 9.17) is 0 Å². The summed E-state index contributed by atoms with van der Waals surface area (Å²) in [5, 5.41) is 22.3. The largest absolute Gasteiger partial charge is 0.392 e. The van der Waals surface area contributed by atoms with Crippen molar-refractivity contribution in [2.75, 3.05) is 13.1 Å². The van der Waals surface area contributed by atoms with Crippen LogP contribution in [0.1, 0.15) is 36.4 Å². The summed E-state index contributed by atoms with van der Waals surface area (Å²) < 4.78 is 0. The highest BCUT2D eigenvalue weighted by Crippen LogP contribution is 2.30. The molecule has 2 heterocycles. The smallest absolute Gasteiger partial charge is 0.138 e. The predicted octanol–water partition coefficient (Wildman–Crippen LogP) is 1.75. The molecule has 0 radical (unpaired) electrons. The molecule has 116 valence electrons. The number of hydrogen-bond donors (Lipinski definition) is 2. The van der Waals surface area contributed by atoms with E-state index in [2.05, 4.69) is 20.5 Å². The molecule has 0 saturated carbocycles. The fraction of sp³-hybridized carbons (Fsp3) is 0.471. The van der Waals surface area contributed by atoms with E-state index < -0.39 is 6.10 Å². The average molecular weight is 298 g/mol. The van der Waals surface area contributed by atoms with Crippen molar-refractivity contribution in [3.8, 4) is 0 Å². The highest BCUT2D eigenvalue weighted by molar-refractivity contribution is 5.28. The fourth-order valence-electron chi connectivity index (χ4n) is 3.25. The Hall–Kier alpha value is -1.85. The number of aromatic nitrogens is 3. The summed E-state index contributed by atoms with van der Waals surface area (Å²) in [6.07, 6.45) is 5.76. The SMILES string of the molecule is OC(CC1CCCNC1)C(c1ccccc1)c1cncnn1. The van der Waals surface area contributed by atoms with Crippen LogP contribution in [-0.2, 0) is 0 Å². The molecule has 1 aliphatic rings. The van der Waals surface area contributed by atoms with Crippen molar-refractivity contribution in [2.45, 2.75) is 31.3 Å². The van der Waals surface area contributed by atoms with Crippen LogP contribution >= 0.6 is 0 Å². The van der Waals surface area contributed by atoms with Gasteiger partial charge < -0.3 is 10.4 Å². The number of piperidine rings is 1. The molecule has 1 aliphatic heterocycles. The lowest BCUT2D eigenvalue weighted by Gasteiger charge is -2.29. The van der Waals surface area contributed by atoms with Gasteiger partial charge in [0.2, 0.25) is 0 Å². The van der Waals surface area contributed by atoms with Gasteiger partial charge in [-0.1, -0.05) is 30.3 Å². The normalized spacial score (nSPS) is 21.2. The summed E-state index contributed by atoms with van der Waals surface area (Å²) in [6, 6.07) is 10.0. The lowest BCUT2D eigenvalue weighted by molar-refractivity contribution is 0.116. The third kappa shape index (κ3) is 3.67. The second-order valence-corrected chi connectivity index (χ2v) is 5.94. The Morgan fingerprint density at radius 1 is 1.27 bits per heavy atom. The number of rotatable bonds is 5. The van der Waals surface area contributed by atoms with Crippen LogP contribution in [0.3, 0.4) is 0 Å². The minimum absolute atomic E-state index is 0.177. The van der Waals surface area contributed by atoms with Gasteiger partial charge in [-0.2, -0.15) is 5.10 Å². The zero-order valence-corrected chi connectivity index (χ0v) is 12.6. The van der Waals surface area contributed by atoms with Crippen LogP contribution in [0.25, 0.3) is 0 Å². The van der Waals surface area contributed by atoms with Crippen LogP contribution in [0.15, 0.2) is 42.9 Å². The fourth-order valence-corrected chi connectivity index (χ4v) is 3.25. The second-order valence-electron chi connectivity index (χ2n) is 5.94. The van der Waals surface area contributed by atoms with Crippen molar-refractivity contribution < 1.29 is 5.11 Å². The predicted molar refractivity (Wildman–Crippen MR) is 84.3 cm³/mol. The van der Waals surface area contributed by atoms with E-state index in [1.54, 1.807) is 6.20 Å². The Bertz CT molecular complexity index is 518. The molecule has 22 heavy (non-hydrogen) atoms. The maximum atomic E-state index is 10.8. The molecule has 0 aliphatic carbocycles. The van der Waals surface area contributed by atoms with E-state index in [1.807, 2.05) is 30.3 Å². The van der Waals surface area contributed by atoms with Crippen LogP contribution in [0.4, 0.5) is 0 Å². The third-order valence-corrected chi connectivity index (χ3v) is 4.33. The van der Waals surface area contributed by atoms with Gasteiger partial charge in [-0.25, -0.2) is 4.98 Å². The molecular weight excluding hydrogens is 276 g/mol. The van der Waals surface area contributed by atoms with Crippen molar-refractivity contribution >= 4 is 0 Å². The summed E-state index contributed by atoms with van der Waals surface area (Å²) in [5.74, 6) is 0.337. The summed E-state index contributed by atoms with van der Waals surface area (Å²) in [4.78, 5) is 4.06. The second kappa shape index (κ2) is 7.42. The number of aliphatic hydroxyl groups excluding tert-OH is 1. The zero-order chi connectivity index (χ0) is 15.2.